The van der Waals surface area contributed by atoms with Gasteiger partial charge in [-0.3, -0.25) is 9.59 Å². The number of hydrogen-bond donors (Lipinski definition) is 2. The Balaban J connectivity index is 1.55. The molecule has 0 saturated heterocycles. The third-order valence-electron chi connectivity index (χ3n) is 4.07. The average molecular weight is 376 g/mol. The molecule has 2 N–H and O–H groups in total. The molecule has 0 fully saturated rings. The van der Waals surface area contributed by atoms with E-state index in [1.54, 1.807) is 35.6 Å². The Morgan fingerprint density at radius 2 is 2.00 bits per heavy atom. The Morgan fingerprint density at radius 1 is 1.15 bits per heavy atom. The number of fused-ring (bicyclic) bond motifs is 2. The molecule has 2 amide bonds. The standard InChI is InChI=1S/C21H16N2O3S/c1-13-2-5-19-17(10-13)23-21(25)16-11-15(4-6-18(16)26-19)22-20(24)7-3-14-8-9-27-12-14/h2-12H,1H3,(H,22,24)(H,23,25)/b7-3+. The zero-order valence-corrected chi connectivity index (χ0v) is 15.3. The number of benzene rings is 2. The quantitative estimate of drug-likeness (QED) is 0.628. The molecule has 0 bridgehead atoms. The number of ether oxygens (including phenoxy) is 1. The molecule has 4 rings (SSSR count). The molecular weight excluding hydrogens is 360 g/mol. The molecule has 2 heterocycles. The molecule has 5 nitrogen and oxygen atoms in total. The summed E-state index contributed by atoms with van der Waals surface area (Å²) in [5, 5.41) is 9.52. The van der Waals surface area contributed by atoms with E-state index in [1.807, 2.05) is 41.9 Å². The topological polar surface area (TPSA) is 67.4 Å². The number of rotatable bonds is 3. The second-order valence-electron chi connectivity index (χ2n) is 6.15. The normalized spacial score (nSPS) is 12.6. The molecule has 1 aliphatic heterocycles. The van der Waals surface area contributed by atoms with Gasteiger partial charge in [0, 0.05) is 11.8 Å². The smallest absolute Gasteiger partial charge is 0.259 e. The molecule has 3 aromatic rings. The lowest BCUT2D eigenvalue weighted by atomic mass is 10.1. The Kier molecular flexibility index (Phi) is 4.48. The third-order valence-corrected chi connectivity index (χ3v) is 4.77. The minimum atomic E-state index is -0.278. The van der Waals surface area contributed by atoms with Crippen LogP contribution in [0.5, 0.6) is 11.5 Å². The maximum atomic E-state index is 12.6. The first kappa shape index (κ1) is 17.1. The van der Waals surface area contributed by atoms with E-state index in [1.165, 1.54) is 6.08 Å². The molecule has 2 aromatic carbocycles. The molecule has 1 aliphatic rings. The van der Waals surface area contributed by atoms with Crippen molar-refractivity contribution in [1.29, 1.82) is 0 Å². The number of aryl methyl sites for hydroxylation is 1. The Hall–Kier alpha value is -3.38. The van der Waals surface area contributed by atoms with Crippen LogP contribution >= 0.6 is 11.3 Å². The molecule has 0 atom stereocenters. The number of carbonyl (C=O) groups is 2. The Labute approximate surface area is 160 Å². The van der Waals surface area contributed by atoms with Gasteiger partial charge in [0.15, 0.2) is 5.75 Å². The monoisotopic (exact) mass is 376 g/mol. The van der Waals surface area contributed by atoms with Crippen LogP contribution in [-0.4, -0.2) is 11.8 Å². The summed E-state index contributed by atoms with van der Waals surface area (Å²) in [6, 6.07) is 12.5. The highest BCUT2D eigenvalue weighted by molar-refractivity contribution is 7.08. The molecule has 0 unspecified atom stereocenters. The minimum Gasteiger partial charge on any atom is -0.454 e. The van der Waals surface area contributed by atoms with Crippen molar-refractivity contribution in [1.82, 2.24) is 0 Å². The van der Waals surface area contributed by atoms with Gasteiger partial charge in [-0.25, -0.2) is 0 Å². The maximum absolute atomic E-state index is 12.6. The summed E-state index contributed by atoms with van der Waals surface area (Å²) in [6.07, 6.45) is 3.20. The van der Waals surface area contributed by atoms with Crippen LogP contribution in [0.4, 0.5) is 11.4 Å². The lowest BCUT2D eigenvalue weighted by molar-refractivity contribution is -0.111. The van der Waals surface area contributed by atoms with Gasteiger partial charge in [0.25, 0.3) is 5.91 Å². The van der Waals surface area contributed by atoms with Crippen LogP contribution in [0.15, 0.2) is 59.3 Å². The van der Waals surface area contributed by atoms with Crippen LogP contribution in [0.2, 0.25) is 0 Å². The lowest BCUT2D eigenvalue weighted by Gasteiger charge is -2.09. The number of thiophene rings is 1. The molecule has 0 spiro atoms. The summed E-state index contributed by atoms with van der Waals surface area (Å²) in [5.41, 5.74) is 3.51. The summed E-state index contributed by atoms with van der Waals surface area (Å²) < 4.78 is 5.88. The van der Waals surface area contributed by atoms with Crippen LogP contribution in [0.3, 0.4) is 0 Å². The van der Waals surface area contributed by atoms with E-state index in [4.69, 9.17) is 4.74 Å². The molecular formula is C21H16N2O3S. The van der Waals surface area contributed by atoms with E-state index in [-0.39, 0.29) is 11.8 Å². The van der Waals surface area contributed by atoms with Gasteiger partial charge in [0.2, 0.25) is 5.91 Å². The fourth-order valence-electron chi connectivity index (χ4n) is 2.74. The number of amides is 2. The van der Waals surface area contributed by atoms with Crippen molar-refractivity contribution in [3.8, 4) is 11.5 Å². The summed E-state index contributed by atoms with van der Waals surface area (Å²) in [5.74, 6) is 0.486. The maximum Gasteiger partial charge on any atom is 0.259 e. The minimum absolute atomic E-state index is 0.269. The van der Waals surface area contributed by atoms with E-state index in [0.717, 1.165) is 11.1 Å². The fourth-order valence-corrected chi connectivity index (χ4v) is 3.37. The van der Waals surface area contributed by atoms with Crippen molar-refractivity contribution < 1.29 is 14.3 Å². The molecule has 0 radical (unpaired) electrons. The zero-order chi connectivity index (χ0) is 18.8. The van der Waals surface area contributed by atoms with Crippen molar-refractivity contribution in [3.05, 3.63) is 76.0 Å². The Bertz CT molecular complexity index is 1060. The highest BCUT2D eigenvalue weighted by atomic mass is 32.1. The number of hydrogen-bond acceptors (Lipinski definition) is 4. The Morgan fingerprint density at radius 3 is 2.81 bits per heavy atom. The highest BCUT2D eigenvalue weighted by Crippen LogP contribution is 2.37. The largest absolute Gasteiger partial charge is 0.454 e. The summed E-state index contributed by atoms with van der Waals surface area (Å²) in [7, 11) is 0. The van der Waals surface area contributed by atoms with Gasteiger partial charge in [0.1, 0.15) is 5.75 Å². The van der Waals surface area contributed by atoms with E-state index >= 15 is 0 Å². The first-order valence-electron chi connectivity index (χ1n) is 8.34. The van der Waals surface area contributed by atoms with Gasteiger partial charge in [-0.1, -0.05) is 6.07 Å². The van der Waals surface area contributed by atoms with Crippen molar-refractivity contribution in [3.63, 3.8) is 0 Å². The van der Waals surface area contributed by atoms with E-state index in [9.17, 15) is 9.59 Å². The predicted molar refractivity (Wildman–Crippen MR) is 108 cm³/mol. The number of anilines is 2. The van der Waals surface area contributed by atoms with E-state index in [0.29, 0.717) is 28.4 Å². The van der Waals surface area contributed by atoms with Crippen molar-refractivity contribution in [2.24, 2.45) is 0 Å². The molecule has 27 heavy (non-hydrogen) atoms. The third kappa shape index (κ3) is 3.75. The molecule has 0 saturated carbocycles. The van der Waals surface area contributed by atoms with Gasteiger partial charge >= 0.3 is 0 Å². The van der Waals surface area contributed by atoms with Gasteiger partial charge < -0.3 is 15.4 Å². The second-order valence-corrected chi connectivity index (χ2v) is 6.93. The summed E-state index contributed by atoms with van der Waals surface area (Å²) >= 11 is 1.57. The predicted octanol–water partition coefficient (Wildman–Crippen LogP) is 5.07. The van der Waals surface area contributed by atoms with Crippen molar-refractivity contribution in [2.75, 3.05) is 10.6 Å². The van der Waals surface area contributed by atoms with Crippen LogP contribution < -0.4 is 15.4 Å². The first-order valence-corrected chi connectivity index (χ1v) is 9.28. The van der Waals surface area contributed by atoms with Gasteiger partial charge in [-0.15, -0.1) is 0 Å². The number of nitrogens with one attached hydrogen (secondary N) is 2. The molecule has 6 heteroatoms. The van der Waals surface area contributed by atoms with Crippen molar-refractivity contribution in [2.45, 2.75) is 6.92 Å². The second kappa shape index (κ2) is 7.09. The fraction of sp³-hybridized carbons (Fsp3) is 0.0476. The van der Waals surface area contributed by atoms with Crippen LogP contribution in [0.1, 0.15) is 21.5 Å². The van der Waals surface area contributed by atoms with Gasteiger partial charge in [-0.2, -0.15) is 11.3 Å². The lowest BCUT2D eigenvalue weighted by Crippen LogP contribution is -2.12. The molecule has 1 aromatic heterocycles. The molecule has 0 aliphatic carbocycles. The van der Waals surface area contributed by atoms with Crippen LogP contribution in [0, 0.1) is 6.92 Å². The van der Waals surface area contributed by atoms with Crippen LogP contribution in [0.25, 0.3) is 6.08 Å². The summed E-state index contributed by atoms with van der Waals surface area (Å²) in [6.45, 7) is 1.95. The SMILES string of the molecule is Cc1ccc2c(c1)NC(=O)c1cc(NC(=O)/C=C/c3ccsc3)ccc1O2. The highest BCUT2D eigenvalue weighted by Gasteiger charge is 2.21. The van der Waals surface area contributed by atoms with Crippen molar-refractivity contribution >= 4 is 40.6 Å². The van der Waals surface area contributed by atoms with Gasteiger partial charge in [0.05, 0.1) is 11.3 Å². The average Bonchev–Trinajstić information content (AvgIpc) is 3.12. The van der Waals surface area contributed by atoms with Gasteiger partial charge in [-0.05, 0) is 71.3 Å². The van der Waals surface area contributed by atoms with E-state index < -0.39 is 0 Å². The van der Waals surface area contributed by atoms with E-state index in [2.05, 4.69) is 10.6 Å². The first-order chi connectivity index (χ1) is 13.1. The molecule has 134 valence electrons. The number of carbonyl (C=O) groups excluding carboxylic acids is 2. The van der Waals surface area contributed by atoms with Crippen LogP contribution in [-0.2, 0) is 4.79 Å². The zero-order valence-electron chi connectivity index (χ0n) is 14.5. The summed E-state index contributed by atoms with van der Waals surface area (Å²) in [4.78, 5) is 24.7.